The summed E-state index contributed by atoms with van der Waals surface area (Å²) in [6, 6.07) is 0. The van der Waals surface area contributed by atoms with Gasteiger partial charge in [-0.1, -0.05) is 6.08 Å². The first-order chi connectivity index (χ1) is 5.70. The third-order valence-electron chi connectivity index (χ3n) is 1.36. The molecule has 1 aliphatic heterocycles. The Hall–Kier alpha value is -1.36. The van der Waals surface area contributed by atoms with E-state index in [4.69, 9.17) is 9.94 Å². The average molecular weight is 171 g/mol. The molecule has 0 aromatic heterocycles. The molecular weight excluding hydrogens is 162 g/mol. The molecule has 0 aromatic carbocycles. The Morgan fingerprint density at radius 2 is 2.50 bits per heavy atom. The summed E-state index contributed by atoms with van der Waals surface area (Å²) in [5.74, 6) is -1.25. The first-order valence-electron chi connectivity index (χ1n) is 3.53. The van der Waals surface area contributed by atoms with Crippen LogP contribution in [0.5, 0.6) is 0 Å². The first kappa shape index (κ1) is 8.73. The lowest BCUT2D eigenvalue weighted by Crippen LogP contribution is -2.34. The van der Waals surface area contributed by atoms with Crippen LogP contribution in [0.25, 0.3) is 0 Å². The number of carbonyl (C=O) groups excluding carboxylic acids is 1. The molecule has 0 aromatic rings. The number of hydrogen-bond acceptors (Lipinski definition) is 3. The van der Waals surface area contributed by atoms with Crippen molar-refractivity contribution in [2.45, 2.75) is 6.42 Å². The van der Waals surface area contributed by atoms with Crippen LogP contribution in [0.3, 0.4) is 0 Å². The van der Waals surface area contributed by atoms with E-state index in [9.17, 15) is 9.59 Å². The van der Waals surface area contributed by atoms with Crippen LogP contribution in [0.4, 0.5) is 0 Å². The van der Waals surface area contributed by atoms with Crippen LogP contribution in [-0.4, -0.2) is 35.2 Å². The summed E-state index contributed by atoms with van der Waals surface area (Å²) in [5.41, 5.74) is 0. The van der Waals surface area contributed by atoms with Crippen LogP contribution in [-0.2, 0) is 14.4 Å². The van der Waals surface area contributed by atoms with E-state index in [1.165, 1.54) is 6.08 Å². The lowest BCUT2D eigenvalue weighted by Gasteiger charge is -2.21. The van der Waals surface area contributed by atoms with Gasteiger partial charge >= 0.3 is 5.97 Å². The minimum Gasteiger partial charge on any atom is -0.481 e. The molecule has 0 fully saturated rings. The van der Waals surface area contributed by atoms with Crippen LogP contribution >= 0.6 is 0 Å². The minimum absolute atomic E-state index is 0.0957. The van der Waals surface area contributed by atoms with Gasteiger partial charge in [0.2, 0.25) is 0 Å². The molecule has 5 nitrogen and oxygen atoms in total. The molecule has 0 saturated heterocycles. The number of hydrogen-bond donors (Lipinski definition) is 1. The molecule has 1 rings (SSSR count). The zero-order valence-corrected chi connectivity index (χ0v) is 6.40. The van der Waals surface area contributed by atoms with Crippen molar-refractivity contribution >= 4 is 11.9 Å². The van der Waals surface area contributed by atoms with Gasteiger partial charge in [0.15, 0.2) is 0 Å². The smallest absolute Gasteiger partial charge is 0.305 e. The summed E-state index contributed by atoms with van der Waals surface area (Å²) in [6.07, 6.45) is 2.85. The van der Waals surface area contributed by atoms with Gasteiger partial charge in [-0.05, 0) is 0 Å². The maximum absolute atomic E-state index is 10.9. The summed E-state index contributed by atoms with van der Waals surface area (Å²) >= 11 is 0. The highest BCUT2D eigenvalue weighted by atomic mass is 16.7. The van der Waals surface area contributed by atoms with Crippen LogP contribution in [0.2, 0.25) is 0 Å². The fourth-order valence-electron chi connectivity index (χ4n) is 0.801. The third-order valence-corrected chi connectivity index (χ3v) is 1.36. The van der Waals surface area contributed by atoms with Crippen molar-refractivity contribution in [3.63, 3.8) is 0 Å². The molecule has 1 heterocycles. The molecule has 0 radical (unpaired) electrons. The van der Waals surface area contributed by atoms with Crippen molar-refractivity contribution < 1.29 is 19.5 Å². The lowest BCUT2D eigenvalue weighted by molar-refractivity contribution is -0.181. The number of carboxylic acid groups (broad SMARTS) is 1. The van der Waals surface area contributed by atoms with E-state index >= 15 is 0 Å². The predicted molar refractivity (Wildman–Crippen MR) is 39.1 cm³/mol. The highest BCUT2D eigenvalue weighted by Crippen LogP contribution is 2.01. The zero-order chi connectivity index (χ0) is 8.97. The number of nitrogens with zero attached hydrogens (tertiary/aromatic N) is 1. The fraction of sp³-hybridized carbons (Fsp3) is 0.429. The molecule has 0 saturated carbocycles. The molecule has 1 amide bonds. The van der Waals surface area contributed by atoms with Crippen molar-refractivity contribution in [1.82, 2.24) is 5.06 Å². The monoisotopic (exact) mass is 171 g/mol. The summed E-state index contributed by atoms with van der Waals surface area (Å²) in [5, 5.41) is 9.37. The topological polar surface area (TPSA) is 66.8 Å². The second-order valence-corrected chi connectivity index (χ2v) is 2.28. The Balaban J connectivity index is 2.37. The van der Waals surface area contributed by atoms with Gasteiger partial charge in [-0.2, -0.15) is 0 Å². The number of carbonyl (C=O) groups is 2. The second-order valence-electron chi connectivity index (χ2n) is 2.28. The number of rotatable bonds is 3. The van der Waals surface area contributed by atoms with Crippen LogP contribution < -0.4 is 0 Å². The number of carboxylic acids is 1. The molecule has 0 spiro atoms. The van der Waals surface area contributed by atoms with E-state index in [1.807, 2.05) is 0 Å². The van der Waals surface area contributed by atoms with Gasteiger partial charge in [0.1, 0.15) is 0 Å². The van der Waals surface area contributed by atoms with Gasteiger partial charge in [-0.15, -0.1) is 0 Å². The number of amides is 1. The largest absolute Gasteiger partial charge is 0.481 e. The summed E-state index contributed by atoms with van der Waals surface area (Å²) in [4.78, 5) is 25.9. The molecule has 12 heavy (non-hydrogen) atoms. The Morgan fingerprint density at radius 3 is 3.08 bits per heavy atom. The van der Waals surface area contributed by atoms with Crippen molar-refractivity contribution in [2.75, 3.05) is 13.2 Å². The predicted octanol–water partition coefficient (Wildman–Crippen LogP) is -0.209. The highest BCUT2D eigenvalue weighted by Gasteiger charge is 2.15. The molecule has 66 valence electrons. The normalized spacial score (nSPS) is 16.7. The standard InChI is InChI=1S/C7H9NO4/c9-6-2-1-5-12-8(6)4-3-7(10)11/h1-2H,3-5H2,(H,10,11). The van der Waals surface area contributed by atoms with Gasteiger partial charge in [0, 0.05) is 6.08 Å². The van der Waals surface area contributed by atoms with Crippen LogP contribution in [0, 0.1) is 0 Å². The van der Waals surface area contributed by atoms with Gasteiger partial charge in [0.25, 0.3) is 5.91 Å². The molecule has 0 atom stereocenters. The maximum atomic E-state index is 10.9. The van der Waals surface area contributed by atoms with Gasteiger partial charge in [0.05, 0.1) is 19.6 Å². The summed E-state index contributed by atoms with van der Waals surface area (Å²) in [7, 11) is 0. The quantitative estimate of drug-likeness (QED) is 0.638. The highest BCUT2D eigenvalue weighted by molar-refractivity contribution is 5.87. The van der Waals surface area contributed by atoms with Gasteiger partial charge in [-0.3, -0.25) is 14.4 Å². The van der Waals surface area contributed by atoms with E-state index < -0.39 is 5.97 Å². The van der Waals surface area contributed by atoms with Crippen molar-refractivity contribution in [2.24, 2.45) is 0 Å². The van der Waals surface area contributed by atoms with Gasteiger partial charge in [-0.25, -0.2) is 5.06 Å². The summed E-state index contributed by atoms with van der Waals surface area (Å²) in [6.45, 7) is 0.421. The third kappa shape index (κ3) is 2.35. The number of hydroxylamine groups is 2. The molecule has 0 unspecified atom stereocenters. The van der Waals surface area contributed by atoms with E-state index in [0.29, 0.717) is 6.61 Å². The van der Waals surface area contributed by atoms with E-state index in [2.05, 4.69) is 0 Å². The first-order valence-corrected chi connectivity index (χ1v) is 3.53. The van der Waals surface area contributed by atoms with E-state index in [-0.39, 0.29) is 18.9 Å². The average Bonchev–Trinajstić information content (AvgIpc) is 2.03. The molecule has 5 heteroatoms. The Kier molecular flexibility index (Phi) is 2.82. The Morgan fingerprint density at radius 1 is 1.75 bits per heavy atom. The van der Waals surface area contributed by atoms with E-state index in [1.54, 1.807) is 6.08 Å². The fourth-order valence-corrected chi connectivity index (χ4v) is 0.801. The van der Waals surface area contributed by atoms with Crippen molar-refractivity contribution in [3.05, 3.63) is 12.2 Å². The van der Waals surface area contributed by atoms with Gasteiger partial charge < -0.3 is 5.11 Å². The lowest BCUT2D eigenvalue weighted by atomic mass is 10.4. The Labute approximate surface area is 69.2 Å². The van der Waals surface area contributed by atoms with E-state index in [0.717, 1.165) is 5.06 Å². The van der Waals surface area contributed by atoms with Crippen LogP contribution in [0.15, 0.2) is 12.2 Å². The molecule has 1 N–H and O–H groups in total. The zero-order valence-electron chi connectivity index (χ0n) is 6.40. The number of aliphatic carboxylic acids is 1. The van der Waals surface area contributed by atoms with Crippen LogP contribution in [0.1, 0.15) is 6.42 Å². The molecule has 0 bridgehead atoms. The van der Waals surface area contributed by atoms with Crippen molar-refractivity contribution in [1.29, 1.82) is 0 Å². The molecule has 1 aliphatic rings. The second kappa shape index (κ2) is 3.87. The molecular formula is C7H9NO4. The van der Waals surface area contributed by atoms with Crippen molar-refractivity contribution in [3.8, 4) is 0 Å². The molecule has 0 aliphatic carbocycles. The summed E-state index contributed by atoms with van der Waals surface area (Å²) < 4.78 is 0. The SMILES string of the molecule is O=C(O)CCN1OCC=CC1=O. The Bertz CT molecular complexity index is 223. The maximum Gasteiger partial charge on any atom is 0.305 e. The minimum atomic E-state index is -0.944.